The first-order chi connectivity index (χ1) is 9.92. The number of nitrogens with one attached hydrogen (secondary N) is 2. The van der Waals surface area contributed by atoms with E-state index in [4.69, 9.17) is 0 Å². The van der Waals surface area contributed by atoms with Crippen LogP contribution in [0.5, 0.6) is 0 Å². The van der Waals surface area contributed by atoms with Gasteiger partial charge in [0.1, 0.15) is 0 Å². The Balaban J connectivity index is 2.14. The summed E-state index contributed by atoms with van der Waals surface area (Å²) in [5, 5.41) is 7.46. The molecule has 0 atom stereocenters. The second-order valence-corrected chi connectivity index (χ2v) is 6.62. The van der Waals surface area contributed by atoms with Crippen LogP contribution in [0.25, 0.3) is 0 Å². The molecule has 0 saturated carbocycles. The molecule has 7 heteroatoms. The quantitative estimate of drug-likeness (QED) is 0.857. The molecule has 2 aromatic rings. The van der Waals surface area contributed by atoms with Gasteiger partial charge in [-0.3, -0.25) is 4.68 Å². The minimum absolute atomic E-state index is 0.268. The Morgan fingerprint density at radius 1 is 1.24 bits per heavy atom. The molecule has 0 aliphatic rings. The van der Waals surface area contributed by atoms with Crippen molar-refractivity contribution < 1.29 is 8.42 Å². The third kappa shape index (κ3) is 3.83. The molecule has 114 valence electrons. The van der Waals surface area contributed by atoms with Gasteiger partial charge in [0, 0.05) is 25.5 Å². The van der Waals surface area contributed by atoms with Gasteiger partial charge in [-0.05, 0) is 37.6 Å². The molecule has 0 unspecified atom stereocenters. The van der Waals surface area contributed by atoms with Crippen LogP contribution in [0, 0.1) is 6.92 Å². The minimum atomic E-state index is -3.41. The molecule has 21 heavy (non-hydrogen) atoms. The van der Waals surface area contributed by atoms with E-state index in [1.807, 2.05) is 27.1 Å². The molecule has 2 rings (SSSR count). The van der Waals surface area contributed by atoms with E-state index >= 15 is 0 Å². The van der Waals surface area contributed by atoms with E-state index in [0.717, 1.165) is 23.5 Å². The van der Waals surface area contributed by atoms with Gasteiger partial charge >= 0.3 is 0 Å². The average Bonchev–Trinajstić information content (AvgIpc) is 2.75. The molecule has 0 radical (unpaired) electrons. The Kier molecular flexibility index (Phi) is 4.64. The molecule has 1 aromatic carbocycles. The molecule has 0 fully saturated rings. The van der Waals surface area contributed by atoms with E-state index in [1.54, 1.807) is 28.9 Å². The fourth-order valence-corrected chi connectivity index (χ4v) is 3.05. The Morgan fingerprint density at radius 3 is 2.43 bits per heavy atom. The number of rotatable bonds is 6. The monoisotopic (exact) mass is 308 g/mol. The van der Waals surface area contributed by atoms with Crippen LogP contribution in [0.15, 0.2) is 35.4 Å². The second-order valence-electron chi connectivity index (χ2n) is 4.85. The molecular formula is C14H20N4O2S. The van der Waals surface area contributed by atoms with Gasteiger partial charge in [-0.15, -0.1) is 0 Å². The summed E-state index contributed by atoms with van der Waals surface area (Å²) in [5.41, 5.74) is 2.61. The SMILES string of the molecule is CCCNS(=O)(=O)c1ccc(Nc2cn(C)nc2C)cc1. The van der Waals surface area contributed by atoms with Crippen molar-refractivity contribution in [1.29, 1.82) is 0 Å². The van der Waals surface area contributed by atoms with Gasteiger partial charge in [-0.25, -0.2) is 13.1 Å². The van der Waals surface area contributed by atoms with Crippen molar-refractivity contribution >= 4 is 21.4 Å². The van der Waals surface area contributed by atoms with Gasteiger partial charge in [0.25, 0.3) is 0 Å². The van der Waals surface area contributed by atoms with Crippen LogP contribution in [0.2, 0.25) is 0 Å². The summed E-state index contributed by atoms with van der Waals surface area (Å²) in [6, 6.07) is 6.66. The zero-order valence-electron chi connectivity index (χ0n) is 12.4. The fourth-order valence-electron chi connectivity index (χ4n) is 1.91. The molecule has 0 aliphatic heterocycles. The lowest BCUT2D eigenvalue weighted by atomic mass is 10.3. The Bertz CT molecular complexity index is 705. The molecule has 0 aliphatic carbocycles. The smallest absolute Gasteiger partial charge is 0.240 e. The van der Waals surface area contributed by atoms with E-state index in [0.29, 0.717) is 6.54 Å². The minimum Gasteiger partial charge on any atom is -0.353 e. The van der Waals surface area contributed by atoms with Crippen molar-refractivity contribution in [2.24, 2.45) is 7.05 Å². The highest BCUT2D eigenvalue weighted by Crippen LogP contribution is 2.20. The van der Waals surface area contributed by atoms with Crippen molar-refractivity contribution in [2.75, 3.05) is 11.9 Å². The van der Waals surface area contributed by atoms with Crippen LogP contribution in [-0.2, 0) is 17.1 Å². The summed E-state index contributed by atoms with van der Waals surface area (Å²) in [7, 11) is -1.56. The zero-order chi connectivity index (χ0) is 15.5. The first-order valence-electron chi connectivity index (χ1n) is 6.79. The Hall–Kier alpha value is -1.86. The first-order valence-corrected chi connectivity index (χ1v) is 8.27. The number of aromatic nitrogens is 2. The third-order valence-electron chi connectivity index (χ3n) is 3.00. The first kappa shape index (κ1) is 15.5. The van der Waals surface area contributed by atoms with Crippen LogP contribution in [0.1, 0.15) is 19.0 Å². The van der Waals surface area contributed by atoms with E-state index in [2.05, 4.69) is 15.1 Å². The number of aryl methyl sites for hydroxylation is 2. The summed E-state index contributed by atoms with van der Waals surface area (Å²) >= 11 is 0. The van der Waals surface area contributed by atoms with Gasteiger partial charge in [-0.1, -0.05) is 6.92 Å². The lowest BCUT2D eigenvalue weighted by Gasteiger charge is -2.08. The van der Waals surface area contributed by atoms with Gasteiger partial charge < -0.3 is 5.32 Å². The molecule has 0 bridgehead atoms. The molecule has 0 amide bonds. The predicted octanol–water partition coefficient (Wildman–Crippen LogP) is 2.16. The molecule has 1 aromatic heterocycles. The maximum absolute atomic E-state index is 12.0. The standard InChI is InChI=1S/C14H20N4O2S/c1-4-9-15-21(19,20)13-7-5-12(6-8-13)16-14-10-18(3)17-11(14)2/h5-8,10,15-16H,4,9H2,1-3H3. The lowest BCUT2D eigenvalue weighted by Crippen LogP contribution is -2.24. The molecule has 6 nitrogen and oxygen atoms in total. The van der Waals surface area contributed by atoms with Crippen molar-refractivity contribution in [3.8, 4) is 0 Å². The van der Waals surface area contributed by atoms with E-state index < -0.39 is 10.0 Å². The van der Waals surface area contributed by atoms with Crippen LogP contribution in [-0.4, -0.2) is 24.7 Å². The van der Waals surface area contributed by atoms with Crippen molar-refractivity contribution in [3.05, 3.63) is 36.2 Å². The summed E-state index contributed by atoms with van der Waals surface area (Å²) in [6.07, 6.45) is 2.64. The molecule has 1 heterocycles. The maximum atomic E-state index is 12.0. The Morgan fingerprint density at radius 2 is 1.90 bits per heavy atom. The van der Waals surface area contributed by atoms with Crippen molar-refractivity contribution in [3.63, 3.8) is 0 Å². The summed E-state index contributed by atoms with van der Waals surface area (Å²) < 4.78 is 28.2. The van der Waals surface area contributed by atoms with Crippen molar-refractivity contribution in [1.82, 2.24) is 14.5 Å². The van der Waals surface area contributed by atoms with E-state index in [1.165, 1.54) is 0 Å². The van der Waals surface area contributed by atoms with Gasteiger partial charge in [0.05, 0.1) is 16.3 Å². The van der Waals surface area contributed by atoms with E-state index in [9.17, 15) is 8.42 Å². The number of hydrogen-bond acceptors (Lipinski definition) is 4. The van der Waals surface area contributed by atoms with E-state index in [-0.39, 0.29) is 4.90 Å². The highest BCUT2D eigenvalue weighted by Gasteiger charge is 2.12. The van der Waals surface area contributed by atoms with Crippen LogP contribution < -0.4 is 10.0 Å². The van der Waals surface area contributed by atoms with Crippen LogP contribution >= 0.6 is 0 Å². The maximum Gasteiger partial charge on any atom is 0.240 e. The summed E-state index contributed by atoms with van der Waals surface area (Å²) in [4.78, 5) is 0.268. The summed E-state index contributed by atoms with van der Waals surface area (Å²) in [5.74, 6) is 0. The molecular weight excluding hydrogens is 288 g/mol. The highest BCUT2D eigenvalue weighted by atomic mass is 32.2. The van der Waals surface area contributed by atoms with Crippen molar-refractivity contribution in [2.45, 2.75) is 25.2 Å². The molecule has 0 saturated heterocycles. The zero-order valence-corrected chi connectivity index (χ0v) is 13.2. The predicted molar refractivity (Wildman–Crippen MR) is 83.1 cm³/mol. The van der Waals surface area contributed by atoms with Gasteiger partial charge in [0.15, 0.2) is 0 Å². The Labute approximate surface area is 125 Å². The van der Waals surface area contributed by atoms with Gasteiger partial charge in [-0.2, -0.15) is 5.10 Å². The summed E-state index contributed by atoms with van der Waals surface area (Å²) in [6.45, 7) is 4.28. The fraction of sp³-hybridized carbons (Fsp3) is 0.357. The number of nitrogens with zero attached hydrogens (tertiary/aromatic N) is 2. The van der Waals surface area contributed by atoms with Gasteiger partial charge in [0.2, 0.25) is 10.0 Å². The molecule has 2 N–H and O–H groups in total. The number of sulfonamides is 1. The number of anilines is 2. The second kappa shape index (κ2) is 6.28. The van der Waals surface area contributed by atoms with Crippen LogP contribution in [0.3, 0.4) is 0 Å². The number of hydrogen-bond donors (Lipinski definition) is 2. The third-order valence-corrected chi connectivity index (χ3v) is 4.48. The number of benzene rings is 1. The molecule has 0 spiro atoms. The highest BCUT2D eigenvalue weighted by molar-refractivity contribution is 7.89. The normalized spacial score (nSPS) is 11.6. The topological polar surface area (TPSA) is 76.0 Å². The van der Waals surface area contributed by atoms with Crippen LogP contribution in [0.4, 0.5) is 11.4 Å². The largest absolute Gasteiger partial charge is 0.353 e. The average molecular weight is 308 g/mol. The lowest BCUT2D eigenvalue weighted by molar-refractivity contribution is 0.581.